The second-order valence-electron chi connectivity index (χ2n) is 5.73. The number of rotatable bonds is 4. The lowest BCUT2D eigenvalue weighted by Crippen LogP contribution is -2.36. The van der Waals surface area contributed by atoms with Crippen LogP contribution in [0, 0.1) is 0 Å². The van der Waals surface area contributed by atoms with Gasteiger partial charge < -0.3 is 10.6 Å². The molecular formula is C16H15Cl2N3O3S. The molecule has 0 aliphatic carbocycles. The Balaban J connectivity index is 1.78. The van der Waals surface area contributed by atoms with E-state index in [2.05, 4.69) is 15.6 Å². The molecule has 3 rings (SSSR count). The Labute approximate surface area is 155 Å². The topological polar surface area (TPSA) is 88.2 Å². The molecule has 0 spiro atoms. The summed E-state index contributed by atoms with van der Waals surface area (Å²) in [7, 11) is -3.06. The Kier molecular flexibility index (Phi) is 5.17. The van der Waals surface area contributed by atoms with Crippen LogP contribution in [0.4, 0.5) is 11.5 Å². The van der Waals surface area contributed by atoms with Crippen molar-refractivity contribution < 1.29 is 13.2 Å². The first-order valence-electron chi connectivity index (χ1n) is 7.52. The Hall–Kier alpha value is -1.83. The zero-order valence-electron chi connectivity index (χ0n) is 13.0. The number of nitrogens with one attached hydrogen (secondary N) is 2. The average Bonchev–Trinajstić information content (AvgIpc) is 2.90. The Bertz CT molecular complexity index is 919. The minimum absolute atomic E-state index is 0.0332. The second-order valence-corrected chi connectivity index (χ2v) is 8.77. The molecule has 1 aliphatic rings. The molecule has 1 amide bonds. The Morgan fingerprint density at radius 3 is 2.68 bits per heavy atom. The molecule has 132 valence electrons. The van der Waals surface area contributed by atoms with Gasteiger partial charge in [0.1, 0.15) is 5.82 Å². The molecule has 1 aromatic heterocycles. The number of benzene rings is 1. The number of carbonyl (C=O) groups is 1. The van der Waals surface area contributed by atoms with E-state index in [0.29, 0.717) is 33.5 Å². The lowest BCUT2D eigenvalue weighted by atomic mass is 10.2. The standard InChI is InChI=1S/C16H15Cl2N3O3S/c17-13-4-3-10(8-14(13)18)20-15-12(2-1-6-19-15)16(22)21-11-5-7-25(23,24)9-11/h1-4,6,8,11H,5,7,9H2,(H,19,20)(H,21,22)/t11-/m1/s1. The number of hydrogen-bond acceptors (Lipinski definition) is 5. The third-order valence-electron chi connectivity index (χ3n) is 3.80. The quantitative estimate of drug-likeness (QED) is 0.824. The van der Waals surface area contributed by atoms with Crippen LogP contribution >= 0.6 is 23.2 Å². The van der Waals surface area contributed by atoms with Gasteiger partial charge in [0.15, 0.2) is 9.84 Å². The number of aromatic nitrogens is 1. The van der Waals surface area contributed by atoms with E-state index in [1.807, 2.05) is 0 Å². The van der Waals surface area contributed by atoms with Crippen molar-refractivity contribution in [3.63, 3.8) is 0 Å². The molecule has 0 saturated carbocycles. The fourth-order valence-electron chi connectivity index (χ4n) is 2.57. The number of halogens is 2. The summed E-state index contributed by atoms with van der Waals surface area (Å²) in [5.41, 5.74) is 0.948. The fourth-order valence-corrected chi connectivity index (χ4v) is 4.54. The fraction of sp³-hybridized carbons (Fsp3) is 0.250. The molecule has 1 aromatic carbocycles. The third-order valence-corrected chi connectivity index (χ3v) is 6.31. The molecule has 1 fully saturated rings. The second kappa shape index (κ2) is 7.19. The third kappa shape index (κ3) is 4.42. The summed E-state index contributed by atoms with van der Waals surface area (Å²) >= 11 is 11.9. The lowest BCUT2D eigenvalue weighted by molar-refractivity contribution is 0.0941. The molecule has 1 saturated heterocycles. The summed E-state index contributed by atoms with van der Waals surface area (Å²) in [6.07, 6.45) is 1.97. The van der Waals surface area contributed by atoms with E-state index in [0.717, 1.165) is 0 Å². The van der Waals surface area contributed by atoms with E-state index in [-0.39, 0.29) is 23.5 Å². The molecule has 0 radical (unpaired) electrons. The van der Waals surface area contributed by atoms with Crippen LogP contribution in [0.25, 0.3) is 0 Å². The van der Waals surface area contributed by atoms with E-state index in [1.54, 1.807) is 36.5 Å². The van der Waals surface area contributed by atoms with Crippen LogP contribution in [0.3, 0.4) is 0 Å². The van der Waals surface area contributed by atoms with Gasteiger partial charge in [0.25, 0.3) is 5.91 Å². The summed E-state index contributed by atoms with van der Waals surface area (Å²) in [6, 6.07) is 7.86. The van der Waals surface area contributed by atoms with Crippen LogP contribution in [0.5, 0.6) is 0 Å². The van der Waals surface area contributed by atoms with Gasteiger partial charge in [0, 0.05) is 17.9 Å². The van der Waals surface area contributed by atoms with E-state index in [1.165, 1.54) is 0 Å². The number of anilines is 2. The normalized spacial score (nSPS) is 18.7. The van der Waals surface area contributed by atoms with Crippen LogP contribution < -0.4 is 10.6 Å². The molecule has 2 heterocycles. The maximum atomic E-state index is 12.5. The first-order valence-corrected chi connectivity index (χ1v) is 10.1. The number of pyridine rings is 1. The summed E-state index contributed by atoms with van der Waals surface area (Å²) in [5.74, 6) is 0.0329. The number of hydrogen-bond donors (Lipinski definition) is 2. The van der Waals surface area contributed by atoms with Crippen LogP contribution in [-0.4, -0.2) is 36.9 Å². The highest BCUT2D eigenvalue weighted by Gasteiger charge is 2.29. The predicted molar refractivity (Wildman–Crippen MR) is 98.5 cm³/mol. The Morgan fingerprint density at radius 1 is 1.20 bits per heavy atom. The molecule has 6 nitrogen and oxygen atoms in total. The number of carbonyl (C=O) groups excluding carboxylic acids is 1. The first kappa shape index (κ1) is 18.0. The molecule has 25 heavy (non-hydrogen) atoms. The minimum atomic E-state index is -3.06. The monoisotopic (exact) mass is 399 g/mol. The maximum Gasteiger partial charge on any atom is 0.255 e. The molecule has 1 atom stereocenters. The SMILES string of the molecule is O=C(N[C@@H]1CCS(=O)(=O)C1)c1cccnc1Nc1ccc(Cl)c(Cl)c1. The summed E-state index contributed by atoms with van der Waals surface area (Å²) < 4.78 is 23.1. The summed E-state index contributed by atoms with van der Waals surface area (Å²) in [4.78, 5) is 16.7. The van der Waals surface area contributed by atoms with Crippen molar-refractivity contribution in [2.75, 3.05) is 16.8 Å². The van der Waals surface area contributed by atoms with Gasteiger partial charge in [-0.15, -0.1) is 0 Å². The van der Waals surface area contributed by atoms with Gasteiger partial charge in [-0.05, 0) is 36.8 Å². The highest BCUT2D eigenvalue weighted by atomic mass is 35.5. The van der Waals surface area contributed by atoms with E-state index in [4.69, 9.17) is 23.2 Å². The summed E-state index contributed by atoms with van der Waals surface area (Å²) in [5, 5.41) is 6.59. The van der Waals surface area contributed by atoms with Crippen molar-refractivity contribution in [2.45, 2.75) is 12.5 Å². The molecular weight excluding hydrogens is 385 g/mol. The zero-order valence-corrected chi connectivity index (χ0v) is 15.3. The van der Waals surface area contributed by atoms with Crippen LogP contribution in [-0.2, 0) is 9.84 Å². The van der Waals surface area contributed by atoms with Gasteiger partial charge in [-0.1, -0.05) is 23.2 Å². The smallest absolute Gasteiger partial charge is 0.255 e. The van der Waals surface area contributed by atoms with Crippen LogP contribution in [0.2, 0.25) is 10.0 Å². The number of sulfone groups is 1. The Morgan fingerprint density at radius 2 is 2.00 bits per heavy atom. The predicted octanol–water partition coefficient (Wildman–Crippen LogP) is 3.05. The van der Waals surface area contributed by atoms with Crippen LogP contribution in [0.1, 0.15) is 16.8 Å². The van der Waals surface area contributed by atoms with Gasteiger partial charge in [-0.3, -0.25) is 4.79 Å². The van der Waals surface area contributed by atoms with Gasteiger partial charge >= 0.3 is 0 Å². The molecule has 2 N–H and O–H groups in total. The maximum absolute atomic E-state index is 12.5. The first-order chi connectivity index (χ1) is 11.8. The van der Waals surface area contributed by atoms with E-state index in [9.17, 15) is 13.2 Å². The van der Waals surface area contributed by atoms with Crippen molar-refractivity contribution in [2.24, 2.45) is 0 Å². The van der Waals surface area contributed by atoms with Crippen molar-refractivity contribution >= 4 is 50.5 Å². The van der Waals surface area contributed by atoms with Crippen molar-refractivity contribution in [3.05, 3.63) is 52.1 Å². The van der Waals surface area contributed by atoms with Crippen molar-refractivity contribution in [3.8, 4) is 0 Å². The molecule has 2 aromatic rings. The average molecular weight is 400 g/mol. The lowest BCUT2D eigenvalue weighted by Gasteiger charge is -2.14. The zero-order chi connectivity index (χ0) is 18.0. The van der Waals surface area contributed by atoms with Crippen molar-refractivity contribution in [1.29, 1.82) is 0 Å². The van der Waals surface area contributed by atoms with Crippen molar-refractivity contribution in [1.82, 2.24) is 10.3 Å². The van der Waals surface area contributed by atoms with Gasteiger partial charge in [-0.2, -0.15) is 0 Å². The highest BCUT2D eigenvalue weighted by molar-refractivity contribution is 7.91. The van der Waals surface area contributed by atoms with Gasteiger partial charge in [0.05, 0.1) is 27.1 Å². The van der Waals surface area contributed by atoms with E-state index < -0.39 is 9.84 Å². The highest BCUT2D eigenvalue weighted by Crippen LogP contribution is 2.27. The molecule has 0 bridgehead atoms. The minimum Gasteiger partial charge on any atom is -0.348 e. The molecule has 0 unspecified atom stereocenters. The van der Waals surface area contributed by atoms with Gasteiger partial charge in [0.2, 0.25) is 0 Å². The largest absolute Gasteiger partial charge is 0.348 e. The number of nitrogens with zero attached hydrogens (tertiary/aromatic N) is 1. The number of amides is 1. The van der Waals surface area contributed by atoms with E-state index >= 15 is 0 Å². The van der Waals surface area contributed by atoms with Crippen LogP contribution in [0.15, 0.2) is 36.5 Å². The molecule has 1 aliphatic heterocycles. The molecule has 9 heteroatoms. The summed E-state index contributed by atoms with van der Waals surface area (Å²) in [6.45, 7) is 0. The van der Waals surface area contributed by atoms with Gasteiger partial charge in [-0.25, -0.2) is 13.4 Å².